The second-order valence-electron chi connectivity index (χ2n) is 33.8. The van der Waals surface area contributed by atoms with Crippen LogP contribution in [0.25, 0.3) is 266 Å². The predicted molar refractivity (Wildman–Crippen MR) is 552 cm³/mol. The summed E-state index contributed by atoms with van der Waals surface area (Å²) in [7, 11) is 0. The molecule has 0 saturated carbocycles. The Morgan fingerprint density at radius 3 is 0.889 bits per heavy atom. The fourth-order valence-corrected chi connectivity index (χ4v) is 18.8. The fourth-order valence-electron chi connectivity index (χ4n) is 18.8. The molecule has 0 unspecified atom stereocenters. The SMILES string of the molecule is c1ccc(-c2nc(-c3ccc(-c4ccc5ccccc5c4)cc3)nc(-c3cc4ccccc4c4oc5ccccc5c34)n2)cc1.c1ccc(-c2nc(-c3ccc(-c4ccc5ccccc5c4)cc3)nc(-c3cccc4oc5cc6ccccc6cc5c34)n2)cc1.c1ccc(-c2nc(-c3ccc(-c4ccc5ccccc5c4)cc3)nc(-c3cccc4oc5ccc6ccccc6c5c34)n2)cc1. The number of aromatic nitrogens is 9. The third-order valence-corrected chi connectivity index (χ3v) is 25.5. The zero-order valence-corrected chi connectivity index (χ0v) is 72.6. The topological polar surface area (TPSA) is 155 Å². The summed E-state index contributed by atoms with van der Waals surface area (Å²) in [6, 6.07) is 157. The molecule has 630 valence electrons. The molecule has 27 rings (SSSR count). The van der Waals surface area contributed by atoms with Crippen molar-refractivity contribution in [3.05, 3.63) is 455 Å². The molecule has 12 heteroatoms. The normalized spacial score (nSPS) is 11.6. The molecular weight excluding hydrogens is 1650 g/mol. The standard InChI is InChI=1S/3C41H25N3O/c1-2-11-28(12-3-1)39-42-40(29-21-18-27(19-22-29)31-23-20-26-10-4-5-13-30(26)24-31)44-41(43-39)35-25-32-14-6-7-15-33(32)38-37(35)34-16-8-9-17-36(34)45-38;1-2-11-29(12-3-1)39-42-40(30-20-17-27(18-21-30)32-22-19-26-9-4-5-13-31(26)25-32)44-41(43-39)34-15-8-16-35-38(34)37-33-14-7-6-10-28(33)23-24-36(37)45-35;1-2-10-28(11-3-1)39-42-40(29-20-17-27(18-21-29)33-22-19-26-9-4-5-12-30(26)23-33)44-41(43-39)34-15-8-16-36-38(34)35-24-31-13-6-7-14-32(31)25-37(35)45-36/h3*1-25H. The molecule has 0 aliphatic heterocycles. The molecule has 135 heavy (non-hydrogen) atoms. The molecule has 27 aromatic rings. The minimum absolute atomic E-state index is 0.610. The summed E-state index contributed by atoms with van der Waals surface area (Å²) >= 11 is 0. The van der Waals surface area contributed by atoms with Gasteiger partial charge in [-0.25, -0.2) is 44.9 Å². The Hall–Kier alpha value is -18.4. The Balaban J connectivity index is 0.000000108. The van der Waals surface area contributed by atoms with Crippen molar-refractivity contribution in [3.63, 3.8) is 0 Å². The van der Waals surface area contributed by atoms with Crippen molar-refractivity contribution in [1.82, 2.24) is 44.9 Å². The molecule has 0 bridgehead atoms. The Morgan fingerprint density at radius 1 is 0.126 bits per heavy atom. The molecule has 6 heterocycles. The lowest BCUT2D eigenvalue weighted by Crippen LogP contribution is -2.00. The maximum absolute atomic E-state index is 6.47. The molecule has 0 aliphatic carbocycles. The van der Waals surface area contributed by atoms with E-state index in [0.29, 0.717) is 52.4 Å². The van der Waals surface area contributed by atoms with Gasteiger partial charge in [0.25, 0.3) is 0 Å². The zero-order valence-electron chi connectivity index (χ0n) is 72.6. The van der Waals surface area contributed by atoms with Gasteiger partial charge in [0.05, 0.1) is 0 Å². The van der Waals surface area contributed by atoms with E-state index in [2.05, 4.69) is 297 Å². The van der Waals surface area contributed by atoms with Crippen LogP contribution in [0.2, 0.25) is 0 Å². The minimum atomic E-state index is 0.610. The molecule has 12 nitrogen and oxygen atoms in total. The van der Waals surface area contributed by atoms with Crippen molar-refractivity contribution in [2.45, 2.75) is 0 Å². The highest BCUT2D eigenvalue weighted by Gasteiger charge is 2.25. The van der Waals surface area contributed by atoms with E-state index in [1.54, 1.807) is 0 Å². The van der Waals surface area contributed by atoms with Crippen LogP contribution in [0.15, 0.2) is 468 Å². The molecule has 0 spiro atoms. The third kappa shape index (κ3) is 14.9. The second kappa shape index (κ2) is 33.6. The lowest BCUT2D eigenvalue weighted by atomic mass is 9.99. The van der Waals surface area contributed by atoms with Gasteiger partial charge in [-0.2, -0.15) is 0 Å². The van der Waals surface area contributed by atoms with Crippen molar-refractivity contribution in [1.29, 1.82) is 0 Å². The number of para-hydroxylation sites is 1. The summed E-state index contributed by atoms with van der Waals surface area (Å²) in [5.41, 5.74) is 20.3. The summed E-state index contributed by atoms with van der Waals surface area (Å²) in [5, 5.41) is 20.3. The van der Waals surface area contributed by atoms with Gasteiger partial charge >= 0.3 is 0 Å². The fraction of sp³-hybridized carbons (Fsp3) is 0. The van der Waals surface area contributed by atoms with Gasteiger partial charge in [0.2, 0.25) is 0 Å². The van der Waals surface area contributed by atoms with Crippen LogP contribution in [0.1, 0.15) is 0 Å². The number of rotatable bonds is 12. The van der Waals surface area contributed by atoms with Gasteiger partial charge in [0.1, 0.15) is 33.5 Å². The number of nitrogens with zero attached hydrogens (tertiary/aromatic N) is 9. The van der Waals surface area contributed by atoms with Gasteiger partial charge in [-0.3, -0.25) is 0 Å². The number of hydrogen-bond donors (Lipinski definition) is 0. The van der Waals surface area contributed by atoms with Gasteiger partial charge in [0, 0.05) is 87.8 Å². The first kappa shape index (κ1) is 78.8. The minimum Gasteiger partial charge on any atom is -0.456 e. The van der Waals surface area contributed by atoms with E-state index in [1.165, 1.54) is 49.0 Å². The number of hydrogen-bond acceptors (Lipinski definition) is 12. The average Bonchev–Trinajstić information content (AvgIpc) is 1.63. The molecule has 0 saturated heterocycles. The molecule has 21 aromatic carbocycles. The molecule has 0 atom stereocenters. The van der Waals surface area contributed by atoms with Crippen LogP contribution in [0.3, 0.4) is 0 Å². The monoisotopic (exact) mass is 1730 g/mol. The van der Waals surface area contributed by atoms with Crippen LogP contribution in [0.5, 0.6) is 0 Å². The summed E-state index contributed by atoms with van der Waals surface area (Å²) in [5.74, 6) is 5.59. The molecule has 6 aromatic heterocycles. The van der Waals surface area contributed by atoms with E-state index >= 15 is 0 Å². The smallest absolute Gasteiger partial charge is 0.164 e. The summed E-state index contributed by atoms with van der Waals surface area (Å²) in [6.45, 7) is 0. The van der Waals surface area contributed by atoms with Gasteiger partial charge in [-0.15, -0.1) is 0 Å². The number of furan rings is 3. The maximum atomic E-state index is 6.47. The maximum Gasteiger partial charge on any atom is 0.164 e. The largest absolute Gasteiger partial charge is 0.456 e. The summed E-state index contributed by atoms with van der Waals surface area (Å²) in [6.07, 6.45) is 0. The molecular formula is C123H75N9O3. The van der Waals surface area contributed by atoms with Crippen LogP contribution < -0.4 is 0 Å². The van der Waals surface area contributed by atoms with E-state index in [9.17, 15) is 0 Å². The molecule has 0 aliphatic rings. The third-order valence-electron chi connectivity index (χ3n) is 25.5. The van der Waals surface area contributed by atoms with Crippen LogP contribution >= 0.6 is 0 Å². The lowest BCUT2D eigenvalue weighted by Gasteiger charge is -2.11. The van der Waals surface area contributed by atoms with Crippen molar-refractivity contribution in [3.8, 4) is 136 Å². The Labute approximate surface area is 774 Å². The lowest BCUT2D eigenvalue weighted by molar-refractivity contribution is 0.669. The predicted octanol–water partition coefficient (Wildman–Crippen LogP) is 32.2. The van der Waals surface area contributed by atoms with E-state index < -0.39 is 0 Å². The molecule has 0 N–H and O–H groups in total. The quantitative estimate of drug-likeness (QED) is 0.114. The Kier molecular flexibility index (Phi) is 19.6. The number of fused-ring (bicyclic) bond motifs is 17. The average molecular weight is 1730 g/mol. The number of benzene rings is 21. The van der Waals surface area contributed by atoms with Gasteiger partial charge < -0.3 is 13.3 Å². The highest BCUT2D eigenvalue weighted by atomic mass is 16.3. The Bertz CT molecular complexity index is 9300. The van der Waals surface area contributed by atoms with Crippen molar-refractivity contribution in [2.75, 3.05) is 0 Å². The van der Waals surface area contributed by atoms with Crippen LogP contribution in [-0.2, 0) is 0 Å². The van der Waals surface area contributed by atoms with Crippen LogP contribution in [0, 0.1) is 0 Å². The first-order valence-corrected chi connectivity index (χ1v) is 45.1. The van der Waals surface area contributed by atoms with Crippen molar-refractivity contribution in [2.24, 2.45) is 0 Å². The van der Waals surface area contributed by atoms with Gasteiger partial charge in [-0.05, 0) is 153 Å². The summed E-state index contributed by atoms with van der Waals surface area (Å²) in [4.78, 5) is 45.4. The molecule has 0 radical (unpaired) electrons. The Morgan fingerprint density at radius 2 is 0.430 bits per heavy atom. The van der Waals surface area contributed by atoms with E-state index in [0.717, 1.165) is 165 Å². The van der Waals surface area contributed by atoms with Crippen molar-refractivity contribution >= 4 is 130 Å². The molecule has 0 fully saturated rings. The van der Waals surface area contributed by atoms with Crippen LogP contribution in [-0.4, -0.2) is 44.9 Å². The molecule has 0 amide bonds. The highest BCUT2D eigenvalue weighted by Crippen LogP contribution is 2.46. The summed E-state index contributed by atoms with van der Waals surface area (Å²) < 4.78 is 19.2. The first-order chi connectivity index (χ1) is 66.8. The van der Waals surface area contributed by atoms with Crippen molar-refractivity contribution < 1.29 is 13.3 Å². The van der Waals surface area contributed by atoms with Crippen LogP contribution in [0.4, 0.5) is 0 Å². The zero-order chi connectivity index (χ0) is 89.2. The van der Waals surface area contributed by atoms with Gasteiger partial charge in [-0.1, -0.05) is 394 Å². The van der Waals surface area contributed by atoms with E-state index in [1.807, 2.05) is 158 Å². The second-order valence-corrected chi connectivity index (χ2v) is 33.8. The van der Waals surface area contributed by atoms with E-state index in [4.69, 9.17) is 58.1 Å². The first-order valence-electron chi connectivity index (χ1n) is 45.1. The van der Waals surface area contributed by atoms with Gasteiger partial charge in [0.15, 0.2) is 52.4 Å². The van der Waals surface area contributed by atoms with E-state index in [-0.39, 0.29) is 0 Å². The highest BCUT2D eigenvalue weighted by molar-refractivity contribution is 6.23.